The summed E-state index contributed by atoms with van der Waals surface area (Å²) >= 11 is 0. The summed E-state index contributed by atoms with van der Waals surface area (Å²) in [5, 5.41) is -0.687. The van der Waals surface area contributed by atoms with Crippen molar-refractivity contribution in [3.05, 3.63) is 23.3 Å². The van der Waals surface area contributed by atoms with E-state index >= 15 is 0 Å². The van der Waals surface area contributed by atoms with Gasteiger partial charge in [0.25, 0.3) is 0 Å². The Hall–Kier alpha value is -1.01. The molecule has 2 N–H and O–H groups in total. The maximum absolute atomic E-state index is 11.4. The van der Waals surface area contributed by atoms with Crippen LogP contribution in [0.3, 0.4) is 0 Å². The van der Waals surface area contributed by atoms with Gasteiger partial charge in [-0.2, -0.15) is 0 Å². The molecule has 0 aliphatic heterocycles. The molecule has 0 bridgehead atoms. The molecular formula is C10H17N3O2S. The average Bonchev–Trinajstić information content (AvgIpc) is 2.14. The lowest BCUT2D eigenvalue weighted by Crippen LogP contribution is -2.15. The molecule has 1 aromatic rings. The predicted molar refractivity (Wildman–Crippen MR) is 62.6 cm³/mol. The van der Waals surface area contributed by atoms with Crippen molar-refractivity contribution in [1.82, 2.24) is 9.97 Å². The molecule has 0 saturated heterocycles. The van der Waals surface area contributed by atoms with E-state index in [9.17, 15) is 8.42 Å². The molecule has 90 valence electrons. The second-order valence-electron chi connectivity index (χ2n) is 4.03. The molecule has 2 atom stereocenters. The van der Waals surface area contributed by atoms with E-state index in [1.54, 1.807) is 20.0 Å². The summed E-state index contributed by atoms with van der Waals surface area (Å²) in [6.45, 7) is 5.22. The first-order chi connectivity index (χ1) is 7.23. The molecule has 16 heavy (non-hydrogen) atoms. The summed E-state index contributed by atoms with van der Waals surface area (Å²) in [7, 11) is -3.16. The Morgan fingerprint density at radius 2 is 1.94 bits per heavy atom. The lowest BCUT2D eigenvalue weighted by atomic mass is 10.1. The molecule has 1 aromatic heterocycles. The van der Waals surface area contributed by atoms with Gasteiger partial charge in [0.2, 0.25) is 0 Å². The predicted octanol–water partition coefficient (Wildman–Crippen LogP) is 0.910. The summed E-state index contributed by atoms with van der Waals surface area (Å²) in [4.78, 5) is 8.25. The van der Waals surface area contributed by atoms with Crippen molar-refractivity contribution in [1.29, 1.82) is 0 Å². The van der Waals surface area contributed by atoms with Crippen LogP contribution >= 0.6 is 0 Å². The van der Waals surface area contributed by atoms with E-state index in [-0.39, 0.29) is 6.04 Å². The van der Waals surface area contributed by atoms with Crippen molar-refractivity contribution < 1.29 is 8.42 Å². The van der Waals surface area contributed by atoms with Crippen LogP contribution < -0.4 is 5.73 Å². The number of aryl methyl sites for hydroxylation is 1. The van der Waals surface area contributed by atoms with Gasteiger partial charge in [-0.15, -0.1) is 0 Å². The zero-order chi connectivity index (χ0) is 12.5. The molecule has 0 fully saturated rings. The van der Waals surface area contributed by atoms with Crippen molar-refractivity contribution in [2.75, 3.05) is 6.26 Å². The van der Waals surface area contributed by atoms with Gasteiger partial charge < -0.3 is 5.73 Å². The minimum Gasteiger partial charge on any atom is -0.324 e. The third kappa shape index (κ3) is 2.76. The van der Waals surface area contributed by atoms with Crippen LogP contribution in [-0.4, -0.2) is 24.6 Å². The van der Waals surface area contributed by atoms with Crippen molar-refractivity contribution in [2.45, 2.75) is 32.1 Å². The topological polar surface area (TPSA) is 85.9 Å². The minimum atomic E-state index is -3.16. The van der Waals surface area contributed by atoms with Gasteiger partial charge in [0.15, 0.2) is 9.84 Å². The number of hydrogen-bond donors (Lipinski definition) is 1. The second kappa shape index (κ2) is 4.47. The highest BCUT2D eigenvalue weighted by Gasteiger charge is 2.21. The van der Waals surface area contributed by atoms with E-state index in [0.29, 0.717) is 5.82 Å². The molecule has 0 aromatic carbocycles. The van der Waals surface area contributed by atoms with Crippen LogP contribution in [0.1, 0.15) is 42.2 Å². The Labute approximate surface area is 96.0 Å². The maximum atomic E-state index is 11.4. The van der Waals surface area contributed by atoms with Crippen LogP contribution in [0, 0.1) is 6.92 Å². The zero-order valence-electron chi connectivity index (χ0n) is 9.93. The highest BCUT2D eigenvalue weighted by molar-refractivity contribution is 7.90. The SMILES string of the molecule is Cc1nc(C(C)S(C)(=O)=O)ncc1C(C)N. The summed E-state index contributed by atoms with van der Waals surface area (Å²) in [5.74, 6) is 0.324. The average molecular weight is 243 g/mol. The van der Waals surface area contributed by atoms with E-state index in [0.717, 1.165) is 11.3 Å². The van der Waals surface area contributed by atoms with Gasteiger partial charge >= 0.3 is 0 Å². The van der Waals surface area contributed by atoms with Gasteiger partial charge in [0.05, 0.1) is 0 Å². The standard InChI is InChI=1S/C10H17N3O2S/c1-6(11)9-5-12-10(13-7(9)2)8(3)16(4,14)15/h5-6,8H,11H2,1-4H3. The first kappa shape index (κ1) is 13.1. The smallest absolute Gasteiger partial charge is 0.157 e. The molecular weight excluding hydrogens is 226 g/mol. The van der Waals surface area contributed by atoms with Gasteiger partial charge in [0, 0.05) is 29.8 Å². The van der Waals surface area contributed by atoms with Gasteiger partial charge in [0.1, 0.15) is 11.1 Å². The van der Waals surface area contributed by atoms with Crippen LogP contribution in [0.15, 0.2) is 6.20 Å². The minimum absolute atomic E-state index is 0.150. The van der Waals surface area contributed by atoms with E-state index < -0.39 is 15.1 Å². The van der Waals surface area contributed by atoms with Crippen molar-refractivity contribution in [2.24, 2.45) is 5.73 Å². The van der Waals surface area contributed by atoms with Crippen molar-refractivity contribution >= 4 is 9.84 Å². The van der Waals surface area contributed by atoms with Gasteiger partial charge in [-0.05, 0) is 20.8 Å². The lowest BCUT2D eigenvalue weighted by molar-refractivity contribution is 0.588. The van der Waals surface area contributed by atoms with Crippen LogP contribution in [0.4, 0.5) is 0 Å². The van der Waals surface area contributed by atoms with Gasteiger partial charge in [-0.25, -0.2) is 18.4 Å². The molecule has 0 aliphatic rings. The van der Waals surface area contributed by atoms with E-state index in [1.165, 1.54) is 6.26 Å². The molecule has 0 radical (unpaired) electrons. The fourth-order valence-electron chi connectivity index (χ4n) is 1.33. The molecule has 0 saturated carbocycles. The number of nitrogens with two attached hydrogens (primary N) is 1. The fourth-order valence-corrected chi connectivity index (χ4v) is 1.83. The quantitative estimate of drug-likeness (QED) is 0.852. The third-order valence-electron chi connectivity index (χ3n) is 2.53. The summed E-state index contributed by atoms with van der Waals surface area (Å²) < 4.78 is 22.7. The van der Waals surface area contributed by atoms with Crippen molar-refractivity contribution in [3.63, 3.8) is 0 Å². The van der Waals surface area contributed by atoms with E-state index in [2.05, 4.69) is 9.97 Å². The third-order valence-corrected chi connectivity index (χ3v) is 4.03. The molecule has 6 heteroatoms. The largest absolute Gasteiger partial charge is 0.324 e. The van der Waals surface area contributed by atoms with Crippen molar-refractivity contribution in [3.8, 4) is 0 Å². The highest BCUT2D eigenvalue weighted by atomic mass is 32.2. The molecule has 5 nitrogen and oxygen atoms in total. The Morgan fingerprint density at radius 3 is 2.31 bits per heavy atom. The Morgan fingerprint density at radius 1 is 1.38 bits per heavy atom. The van der Waals surface area contributed by atoms with Crippen LogP contribution in [-0.2, 0) is 9.84 Å². The first-order valence-corrected chi connectivity index (χ1v) is 6.96. The van der Waals surface area contributed by atoms with Crippen LogP contribution in [0.2, 0.25) is 0 Å². The second-order valence-corrected chi connectivity index (χ2v) is 6.40. The van der Waals surface area contributed by atoms with E-state index in [4.69, 9.17) is 5.73 Å². The maximum Gasteiger partial charge on any atom is 0.157 e. The number of aromatic nitrogens is 2. The molecule has 2 unspecified atom stereocenters. The normalized spacial score (nSPS) is 15.8. The Bertz CT molecular complexity index is 483. The number of hydrogen-bond acceptors (Lipinski definition) is 5. The number of sulfone groups is 1. The Kier molecular flexibility index (Phi) is 3.64. The number of rotatable bonds is 3. The number of nitrogens with zero attached hydrogens (tertiary/aromatic N) is 2. The molecule has 0 spiro atoms. The summed E-state index contributed by atoms with van der Waals surface area (Å²) in [6.07, 6.45) is 2.78. The first-order valence-electron chi connectivity index (χ1n) is 5.01. The lowest BCUT2D eigenvalue weighted by Gasteiger charge is -2.12. The van der Waals surface area contributed by atoms with Crippen LogP contribution in [0.5, 0.6) is 0 Å². The highest BCUT2D eigenvalue weighted by Crippen LogP contribution is 2.19. The molecule has 1 rings (SSSR count). The zero-order valence-corrected chi connectivity index (χ0v) is 10.7. The van der Waals surface area contributed by atoms with Gasteiger partial charge in [-0.1, -0.05) is 0 Å². The van der Waals surface area contributed by atoms with Crippen LogP contribution in [0.25, 0.3) is 0 Å². The van der Waals surface area contributed by atoms with E-state index in [1.807, 2.05) is 6.92 Å². The monoisotopic (exact) mass is 243 g/mol. The molecule has 0 aliphatic carbocycles. The van der Waals surface area contributed by atoms with Gasteiger partial charge in [-0.3, -0.25) is 0 Å². The summed E-state index contributed by atoms with van der Waals surface area (Å²) in [5.41, 5.74) is 7.30. The molecule has 1 heterocycles. The fraction of sp³-hybridized carbons (Fsp3) is 0.600. The summed E-state index contributed by atoms with van der Waals surface area (Å²) in [6, 6.07) is -0.150. The Balaban J connectivity index is 3.16. The molecule has 0 amide bonds.